The second-order valence-electron chi connectivity index (χ2n) is 8.42. The van der Waals surface area contributed by atoms with Crippen LogP contribution in [0.3, 0.4) is 0 Å². The average molecular weight is 455 g/mol. The van der Waals surface area contributed by atoms with Gasteiger partial charge in [-0.2, -0.15) is 0 Å². The fraction of sp³-hybridized carbons (Fsp3) is 0.143. The molecule has 34 heavy (non-hydrogen) atoms. The Balaban J connectivity index is 1.29. The van der Waals surface area contributed by atoms with Gasteiger partial charge in [0, 0.05) is 41.9 Å². The standard InChI is InChI=1S/C28H23FN2O3/c1-18-5-4-6-20(15-18)28(33)31-14-13-25-21(17-31)16-26(34-25)19-9-11-22(12-10-19)30-27(32)23-7-2-3-8-24(23)29/h2-12,15-16H,13-14,17H2,1H3,(H,30,32). The van der Waals surface area contributed by atoms with Crippen molar-refractivity contribution in [3.8, 4) is 11.3 Å². The van der Waals surface area contributed by atoms with Crippen molar-refractivity contribution in [3.63, 3.8) is 0 Å². The number of carbonyl (C=O) groups is 2. The Kier molecular flexibility index (Phi) is 5.72. The Hall–Kier alpha value is -4.19. The molecule has 0 saturated carbocycles. The maximum Gasteiger partial charge on any atom is 0.258 e. The highest BCUT2D eigenvalue weighted by molar-refractivity contribution is 6.04. The largest absolute Gasteiger partial charge is 0.461 e. The third kappa shape index (κ3) is 4.35. The highest BCUT2D eigenvalue weighted by Gasteiger charge is 2.25. The van der Waals surface area contributed by atoms with E-state index in [0.29, 0.717) is 36.5 Å². The Labute approximate surface area is 196 Å². The predicted molar refractivity (Wildman–Crippen MR) is 128 cm³/mol. The van der Waals surface area contributed by atoms with Crippen LogP contribution in [0.2, 0.25) is 0 Å². The van der Waals surface area contributed by atoms with Crippen LogP contribution < -0.4 is 5.32 Å². The molecular formula is C28H23FN2O3. The number of benzene rings is 3. The quantitative estimate of drug-likeness (QED) is 0.421. The molecule has 1 aliphatic heterocycles. The minimum atomic E-state index is -0.562. The van der Waals surface area contributed by atoms with Crippen LogP contribution in [0.15, 0.2) is 83.3 Å². The summed E-state index contributed by atoms with van der Waals surface area (Å²) in [7, 11) is 0. The topological polar surface area (TPSA) is 62.6 Å². The molecule has 2 heterocycles. The van der Waals surface area contributed by atoms with Crippen molar-refractivity contribution in [3.05, 3.63) is 113 Å². The first-order valence-electron chi connectivity index (χ1n) is 11.1. The Morgan fingerprint density at radius 1 is 0.971 bits per heavy atom. The maximum atomic E-state index is 13.8. The molecule has 0 saturated heterocycles. The summed E-state index contributed by atoms with van der Waals surface area (Å²) in [5.74, 6) is 0.555. The van der Waals surface area contributed by atoms with Gasteiger partial charge in [-0.25, -0.2) is 4.39 Å². The van der Waals surface area contributed by atoms with Gasteiger partial charge in [0.1, 0.15) is 17.3 Å². The van der Waals surface area contributed by atoms with Crippen LogP contribution in [0.25, 0.3) is 11.3 Å². The molecule has 0 aliphatic carbocycles. The van der Waals surface area contributed by atoms with Gasteiger partial charge in [-0.05, 0) is 61.5 Å². The lowest BCUT2D eigenvalue weighted by atomic mass is 10.1. The van der Waals surface area contributed by atoms with Crippen molar-refractivity contribution in [2.45, 2.75) is 19.9 Å². The summed E-state index contributed by atoms with van der Waals surface area (Å²) in [6, 6.07) is 22.7. The van der Waals surface area contributed by atoms with E-state index in [-0.39, 0.29) is 11.5 Å². The van der Waals surface area contributed by atoms with Gasteiger partial charge in [0.25, 0.3) is 11.8 Å². The Morgan fingerprint density at radius 3 is 2.53 bits per heavy atom. The molecular weight excluding hydrogens is 431 g/mol. The average Bonchev–Trinajstić information content (AvgIpc) is 3.28. The second-order valence-corrected chi connectivity index (χ2v) is 8.42. The monoisotopic (exact) mass is 454 g/mol. The number of hydrogen-bond acceptors (Lipinski definition) is 3. The molecule has 5 nitrogen and oxygen atoms in total. The molecule has 170 valence electrons. The number of fused-ring (bicyclic) bond motifs is 1. The zero-order valence-corrected chi connectivity index (χ0v) is 18.7. The number of rotatable bonds is 4. The number of hydrogen-bond donors (Lipinski definition) is 1. The Morgan fingerprint density at radius 2 is 1.76 bits per heavy atom. The van der Waals surface area contributed by atoms with Crippen LogP contribution in [0.4, 0.5) is 10.1 Å². The fourth-order valence-corrected chi connectivity index (χ4v) is 4.17. The van der Waals surface area contributed by atoms with Gasteiger partial charge in [0.15, 0.2) is 0 Å². The summed E-state index contributed by atoms with van der Waals surface area (Å²) in [5, 5.41) is 2.71. The number of aryl methyl sites for hydroxylation is 1. The smallest absolute Gasteiger partial charge is 0.258 e. The van der Waals surface area contributed by atoms with Gasteiger partial charge in [0.2, 0.25) is 0 Å². The third-order valence-corrected chi connectivity index (χ3v) is 5.96. The summed E-state index contributed by atoms with van der Waals surface area (Å²) in [6.07, 6.45) is 0.656. The summed E-state index contributed by atoms with van der Waals surface area (Å²) in [6.45, 7) is 3.08. The van der Waals surface area contributed by atoms with E-state index in [1.54, 1.807) is 24.3 Å². The highest BCUT2D eigenvalue weighted by atomic mass is 19.1. The Bertz CT molecular complexity index is 1370. The fourth-order valence-electron chi connectivity index (χ4n) is 4.17. The molecule has 1 aliphatic rings. The maximum absolute atomic E-state index is 13.8. The van der Waals surface area contributed by atoms with E-state index >= 15 is 0 Å². The molecule has 6 heteroatoms. The van der Waals surface area contributed by atoms with Crippen molar-refractivity contribution in [2.24, 2.45) is 0 Å². The number of anilines is 1. The second kappa shape index (κ2) is 8.98. The summed E-state index contributed by atoms with van der Waals surface area (Å²) >= 11 is 0. The van der Waals surface area contributed by atoms with Crippen molar-refractivity contribution >= 4 is 17.5 Å². The molecule has 0 atom stereocenters. The first-order chi connectivity index (χ1) is 16.5. The van der Waals surface area contributed by atoms with E-state index in [0.717, 1.165) is 22.5 Å². The van der Waals surface area contributed by atoms with Crippen LogP contribution in [-0.2, 0) is 13.0 Å². The molecule has 2 amide bonds. The zero-order chi connectivity index (χ0) is 23.7. The molecule has 1 aromatic heterocycles. The van der Waals surface area contributed by atoms with Gasteiger partial charge in [-0.3, -0.25) is 9.59 Å². The first-order valence-corrected chi connectivity index (χ1v) is 11.1. The van der Waals surface area contributed by atoms with Crippen LogP contribution in [0, 0.1) is 12.7 Å². The van der Waals surface area contributed by atoms with E-state index in [1.165, 1.54) is 12.1 Å². The van der Waals surface area contributed by atoms with Gasteiger partial charge in [0.05, 0.1) is 5.56 Å². The van der Waals surface area contributed by atoms with E-state index in [1.807, 2.05) is 54.3 Å². The minimum absolute atomic E-state index is 0.00458. The number of amides is 2. The molecule has 4 aromatic rings. The SMILES string of the molecule is Cc1cccc(C(=O)N2CCc3oc(-c4ccc(NC(=O)c5ccccc5F)cc4)cc3C2)c1. The van der Waals surface area contributed by atoms with E-state index in [9.17, 15) is 14.0 Å². The lowest BCUT2D eigenvalue weighted by molar-refractivity contribution is 0.0729. The van der Waals surface area contributed by atoms with Crippen LogP contribution in [-0.4, -0.2) is 23.3 Å². The molecule has 1 N–H and O–H groups in total. The normalized spacial score (nSPS) is 12.8. The number of nitrogens with one attached hydrogen (secondary N) is 1. The van der Waals surface area contributed by atoms with Crippen LogP contribution >= 0.6 is 0 Å². The van der Waals surface area contributed by atoms with Crippen molar-refractivity contribution in [1.82, 2.24) is 4.90 Å². The van der Waals surface area contributed by atoms with Crippen LogP contribution in [0.5, 0.6) is 0 Å². The molecule has 0 radical (unpaired) electrons. The molecule has 0 spiro atoms. The van der Waals surface area contributed by atoms with Crippen molar-refractivity contribution in [2.75, 3.05) is 11.9 Å². The van der Waals surface area contributed by atoms with E-state index in [4.69, 9.17) is 4.42 Å². The molecule has 0 fully saturated rings. The highest BCUT2D eigenvalue weighted by Crippen LogP contribution is 2.31. The van der Waals surface area contributed by atoms with Crippen LogP contribution in [0.1, 0.15) is 37.6 Å². The van der Waals surface area contributed by atoms with Gasteiger partial charge in [-0.1, -0.05) is 29.8 Å². The van der Waals surface area contributed by atoms with Crippen molar-refractivity contribution in [1.29, 1.82) is 0 Å². The van der Waals surface area contributed by atoms with E-state index in [2.05, 4.69) is 5.32 Å². The summed E-state index contributed by atoms with van der Waals surface area (Å²) in [4.78, 5) is 27.1. The number of halogens is 1. The third-order valence-electron chi connectivity index (χ3n) is 5.96. The number of carbonyl (C=O) groups excluding carboxylic acids is 2. The predicted octanol–water partition coefficient (Wildman–Crippen LogP) is 5.84. The lowest BCUT2D eigenvalue weighted by Crippen LogP contribution is -2.35. The zero-order valence-electron chi connectivity index (χ0n) is 18.7. The number of furan rings is 1. The summed E-state index contributed by atoms with van der Waals surface area (Å²) < 4.78 is 19.9. The number of nitrogens with zero attached hydrogens (tertiary/aromatic N) is 1. The van der Waals surface area contributed by atoms with Gasteiger partial charge < -0.3 is 14.6 Å². The van der Waals surface area contributed by atoms with Gasteiger partial charge in [-0.15, -0.1) is 0 Å². The van der Waals surface area contributed by atoms with Crippen molar-refractivity contribution < 1.29 is 18.4 Å². The lowest BCUT2D eigenvalue weighted by Gasteiger charge is -2.26. The first kappa shape index (κ1) is 21.6. The molecule has 5 rings (SSSR count). The molecule has 0 bridgehead atoms. The van der Waals surface area contributed by atoms with E-state index < -0.39 is 11.7 Å². The molecule has 3 aromatic carbocycles. The molecule has 0 unspecified atom stereocenters. The summed E-state index contributed by atoms with van der Waals surface area (Å²) in [5.41, 5.74) is 4.16. The van der Waals surface area contributed by atoms with Gasteiger partial charge >= 0.3 is 0 Å². The minimum Gasteiger partial charge on any atom is -0.461 e.